The van der Waals surface area contributed by atoms with Gasteiger partial charge in [0.2, 0.25) is 0 Å². The van der Waals surface area contributed by atoms with E-state index >= 15 is 0 Å². The lowest BCUT2D eigenvalue weighted by Gasteiger charge is -2.37. The predicted octanol–water partition coefficient (Wildman–Crippen LogP) is 3.18. The number of benzene rings is 1. The van der Waals surface area contributed by atoms with Crippen molar-refractivity contribution in [3.05, 3.63) is 54.6 Å². The van der Waals surface area contributed by atoms with Gasteiger partial charge in [0.25, 0.3) is 5.91 Å². The Hall–Kier alpha value is -3.35. The summed E-state index contributed by atoms with van der Waals surface area (Å²) >= 11 is 0. The fraction of sp³-hybridized carbons (Fsp3) is 0.286. The van der Waals surface area contributed by atoms with E-state index < -0.39 is 0 Å². The Balaban J connectivity index is 1.29. The van der Waals surface area contributed by atoms with Crippen LogP contribution in [0.5, 0.6) is 0 Å². The lowest BCUT2D eigenvalue weighted by Crippen LogP contribution is -2.46. The first-order valence-corrected chi connectivity index (χ1v) is 9.58. The molecule has 0 saturated carbocycles. The molecule has 7 heteroatoms. The first-order valence-electron chi connectivity index (χ1n) is 9.58. The second-order valence-corrected chi connectivity index (χ2v) is 7.34. The maximum atomic E-state index is 12.9. The van der Waals surface area contributed by atoms with Crippen LogP contribution in [-0.4, -0.2) is 56.9 Å². The van der Waals surface area contributed by atoms with Crippen LogP contribution in [0.25, 0.3) is 21.9 Å². The van der Waals surface area contributed by atoms with Crippen molar-refractivity contribution in [3.8, 4) is 0 Å². The first kappa shape index (κ1) is 16.8. The van der Waals surface area contributed by atoms with Gasteiger partial charge < -0.3 is 19.8 Å². The number of anilines is 1. The number of carbonyl (C=O) groups is 1. The van der Waals surface area contributed by atoms with Crippen LogP contribution < -0.4 is 4.90 Å². The van der Waals surface area contributed by atoms with Gasteiger partial charge in [-0.3, -0.25) is 4.79 Å². The van der Waals surface area contributed by atoms with Crippen molar-refractivity contribution in [2.45, 2.75) is 18.9 Å². The van der Waals surface area contributed by atoms with Crippen molar-refractivity contribution < 1.29 is 4.79 Å². The van der Waals surface area contributed by atoms with Gasteiger partial charge in [0, 0.05) is 43.3 Å². The molecule has 7 nitrogen and oxygen atoms in total. The van der Waals surface area contributed by atoms with E-state index in [0.29, 0.717) is 11.7 Å². The van der Waals surface area contributed by atoms with Crippen LogP contribution in [0.2, 0.25) is 0 Å². The molecule has 28 heavy (non-hydrogen) atoms. The van der Waals surface area contributed by atoms with Crippen LogP contribution in [0.3, 0.4) is 0 Å². The maximum absolute atomic E-state index is 12.9. The molecule has 1 amide bonds. The zero-order chi connectivity index (χ0) is 19.1. The summed E-state index contributed by atoms with van der Waals surface area (Å²) in [5.41, 5.74) is 2.51. The van der Waals surface area contributed by atoms with Crippen molar-refractivity contribution in [3.63, 3.8) is 0 Å². The van der Waals surface area contributed by atoms with Crippen LogP contribution in [0.1, 0.15) is 23.3 Å². The van der Waals surface area contributed by atoms with E-state index in [2.05, 4.69) is 31.9 Å². The molecule has 4 heterocycles. The van der Waals surface area contributed by atoms with E-state index in [1.807, 2.05) is 47.5 Å². The number of carbonyl (C=O) groups excluding carboxylic acids is 1. The number of aromatic nitrogens is 4. The number of H-pyrrole nitrogens is 2. The SMILES string of the molecule is CN(c1ncnc2[nH]ccc12)C1CCN(C(=O)c2cc3ccccc3[nH]2)CC1. The summed E-state index contributed by atoms with van der Waals surface area (Å²) in [6.07, 6.45) is 5.31. The third-order valence-electron chi connectivity index (χ3n) is 5.73. The topological polar surface area (TPSA) is 80.9 Å². The number of aromatic amines is 2. The van der Waals surface area contributed by atoms with Crippen LogP contribution in [-0.2, 0) is 0 Å². The number of amides is 1. The standard InChI is InChI=1S/C21H22N6O/c1-26(20-16-6-9-22-19(16)23-13-24-20)15-7-10-27(11-8-15)21(28)18-12-14-4-2-3-5-17(14)25-18/h2-6,9,12-13,15,25H,7-8,10-11H2,1H3,(H,22,23,24). The Bertz CT molecular complexity index is 1100. The maximum Gasteiger partial charge on any atom is 0.270 e. The fourth-order valence-electron chi connectivity index (χ4n) is 4.13. The Labute approximate surface area is 162 Å². The average molecular weight is 374 g/mol. The van der Waals surface area contributed by atoms with Crippen molar-refractivity contribution in [1.29, 1.82) is 0 Å². The summed E-state index contributed by atoms with van der Waals surface area (Å²) in [6.45, 7) is 1.48. The van der Waals surface area contributed by atoms with Gasteiger partial charge in [-0.2, -0.15) is 0 Å². The van der Waals surface area contributed by atoms with Crippen molar-refractivity contribution in [2.75, 3.05) is 25.0 Å². The zero-order valence-corrected chi connectivity index (χ0v) is 15.7. The summed E-state index contributed by atoms with van der Waals surface area (Å²) in [6, 6.07) is 12.3. The molecule has 142 valence electrons. The molecule has 1 saturated heterocycles. The molecule has 0 radical (unpaired) electrons. The van der Waals surface area contributed by atoms with Gasteiger partial charge >= 0.3 is 0 Å². The molecule has 4 aromatic rings. The van der Waals surface area contributed by atoms with Gasteiger partial charge in [-0.15, -0.1) is 0 Å². The van der Waals surface area contributed by atoms with Gasteiger partial charge in [0.1, 0.15) is 23.5 Å². The minimum atomic E-state index is 0.0763. The number of hydrogen-bond acceptors (Lipinski definition) is 4. The highest BCUT2D eigenvalue weighted by atomic mass is 16.2. The van der Waals surface area contributed by atoms with E-state index in [0.717, 1.165) is 53.7 Å². The van der Waals surface area contributed by atoms with Gasteiger partial charge in [-0.05, 0) is 31.0 Å². The Morgan fingerprint density at radius 3 is 2.82 bits per heavy atom. The minimum absolute atomic E-state index is 0.0763. The van der Waals surface area contributed by atoms with E-state index in [1.165, 1.54) is 0 Å². The summed E-state index contributed by atoms with van der Waals surface area (Å²) in [7, 11) is 2.08. The van der Waals surface area contributed by atoms with Crippen molar-refractivity contribution >= 4 is 33.7 Å². The lowest BCUT2D eigenvalue weighted by atomic mass is 10.0. The lowest BCUT2D eigenvalue weighted by molar-refractivity contribution is 0.0708. The third kappa shape index (κ3) is 2.79. The summed E-state index contributed by atoms with van der Waals surface area (Å²) in [5, 5.41) is 2.10. The summed E-state index contributed by atoms with van der Waals surface area (Å²) in [4.78, 5) is 32.2. The quantitative estimate of drug-likeness (QED) is 0.577. The van der Waals surface area contributed by atoms with E-state index in [1.54, 1.807) is 6.33 Å². The molecule has 0 spiro atoms. The number of para-hydroxylation sites is 1. The first-order chi connectivity index (χ1) is 13.7. The number of likely N-dealkylation sites (tertiary alicyclic amines) is 1. The highest BCUT2D eigenvalue weighted by Gasteiger charge is 2.28. The summed E-state index contributed by atoms with van der Waals surface area (Å²) in [5.74, 6) is 1.01. The fourth-order valence-corrected chi connectivity index (χ4v) is 4.13. The van der Waals surface area contributed by atoms with Gasteiger partial charge in [-0.1, -0.05) is 18.2 Å². The normalized spacial score (nSPS) is 15.4. The van der Waals surface area contributed by atoms with E-state index in [9.17, 15) is 4.79 Å². The number of nitrogens with zero attached hydrogens (tertiary/aromatic N) is 4. The smallest absolute Gasteiger partial charge is 0.270 e. The van der Waals surface area contributed by atoms with E-state index in [-0.39, 0.29) is 5.91 Å². The molecule has 5 rings (SSSR count). The molecule has 1 aromatic carbocycles. The minimum Gasteiger partial charge on any atom is -0.356 e. The molecule has 1 aliphatic heterocycles. The number of fused-ring (bicyclic) bond motifs is 2. The highest BCUT2D eigenvalue weighted by Crippen LogP contribution is 2.27. The number of hydrogen-bond donors (Lipinski definition) is 2. The van der Waals surface area contributed by atoms with Crippen LogP contribution in [0, 0.1) is 0 Å². The molecule has 0 bridgehead atoms. The molecule has 0 atom stereocenters. The van der Waals surface area contributed by atoms with Crippen molar-refractivity contribution in [1.82, 2.24) is 24.8 Å². The van der Waals surface area contributed by atoms with Crippen molar-refractivity contribution in [2.24, 2.45) is 0 Å². The zero-order valence-electron chi connectivity index (χ0n) is 15.7. The number of nitrogens with one attached hydrogen (secondary N) is 2. The monoisotopic (exact) mass is 374 g/mol. The van der Waals surface area contributed by atoms with Crippen LogP contribution >= 0.6 is 0 Å². The molecule has 0 unspecified atom stereocenters. The largest absolute Gasteiger partial charge is 0.356 e. The summed E-state index contributed by atoms with van der Waals surface area (Å²) < 4.78 is 0. The molecule has 0 aliphatic carbocycles. The second kappa shape index (κ2) is 6.67. The average Bonchev–Trinajstić information content (AvgIpc) is 3.39. The van der Waals surface area contributed by atoms with Crippen LogP contribution in [0.4, 0.5) is 5.82 Å². The second-order valence-electron chi connectivity index (χ2n) is 7.34. The number of piperidine rings is 1. The van der Waals surface area contributed by atoms with Gasteiger partial charge in [0.15, 0.2) is 0 Å². The Morgan fingerprint density at radius 1 is 1.18 bits per heavy atom. The van der Waals surface area contributed by atoms with Gasteiger partial charge in [-0.25, -0.2) is 9.97 Å². The Kier molecular flexibility index (Phi) is 4.00. The van der Waals surface area contributed by atoms with Crippen LogP contribution in [0.15, 0.2) is 48.9 Å². The highest BCUT2D eigenvalue weighted by molar-refractivity contribution is 5.98. The third-order valence-corrected chi connectivity index (χ3v) is 5.73. The van der Waals surface area contributed by atoms with E-state index in [4.69, 9.17) is 0 Å². The molecule has 3 aromatic heterocycles. The van der Waals surface area contributed by atoms with Gasteiger partial charge in [0.05, 0.1) is 5.39 Å². The molecule has 1 fully saturated rings. The number of rotatable bonds is 3. The molecular formula is C21H22N6O. The Morgan fingerprint density at radius 2 is 2.00 bits per heavy atom. The predicted molar refractivity (Wildman–Crippen MR) is 110 cm³/mol. The molecular weight excluding hydrogens is 352 g/mol. The molecule has 1 aliphatic rings. The molecule has 2 N–H and O–H groups in total.